The highest BCUT2D eigenvalue weighted by molar-refractivity contribution is 6.41. The fourth-order valence-corrected chi connectivity index (χ4v) is 5.72. The SMILES string of the molecule is C=CC(=O)Nc1ccccc1Nc1ncc2c(n1)N(Cc1cccc(F)c1)C(=O)N(c1c(Cl)c(CC)cc(CC)c1Cl)C2. The van der Waals surface area contributed by atoms with Crippen LogP contribution in [0.4, 0.5) is 38.0 Å². The lowest BCUT2D eigenvalue weighted by atomic mass is 10.0. The highest BCUT2D eigenvalue weighted by Gasteiger charge is 2.36. The molecule has 43 heavy (non-hydrogen) atoms. The predicted molar refractivity (Wildman–Crippen MR) is 170 cm³/mol. The molecule has 0 radical (unpaired) electrons. The summed E-state index contributed by atoms with van der Waals surface area (Å²) in [6, 6.07) is 14.7. The minimum atomic E-state index is -0.420. The van der Waals surface area contributed by atoms with E-state index in [0.717, 1.165) is 11.1 Å². The number of hydrogen-bond acceptors (Lipinski definition) is 5. The second kappa shape index (κ2) is 12.8. The summed E-state index contributed by atoms with van der Waals surface area (Å²) in [5, 5.41) is 6.68. The van der Waals surface area contributed by atoms with Gasteiger partial charge in [-0.1, -0.05) is 74.0 Å². The zero-order valence-corrected chi connectivity index (χ0v) is 25.1. The van der Waals surface area contributed by atoms with Crippen molar-refractivity contribution in [2.75, 3.05) is 20.4 Å². The van der Waals surface area contributed by atoms with Gasteiger partial charge in [0.1, 0.15) is 11.6 Å². The van der Waals surface area contributed by atoms with E-state index in [4.69, 9.17) is 28.2 Å². The molecule has 11 heteroatoms. The molecule has 3 aromatic carbocycles. The van der Waals surface area contributed by atoms with E-state index in [1.807, 2.05) is 19.9 Å². The van der Waals surface area contributed by atoms with Crippen molar-refractivity contribution >= 4 is 64.0 Å². The molecule has 0 aliphatic carbocycles. The van der Waals surface area contributed by atoms with Crippen LogP contribution in [0.3, 0.4) is 0 Å². The Balaban J connectivity index is 1.59. The number of halogens is 3. The van der Waals surface area contributed by atoms with Gasteiger partial charge in [-0.2, -0.15) is 4.98 Å². The molecule has 0 bridgehead atoms. The van der Waals surface area contributed by atoms with E-state index in [2.05, 4.69) is 22.2 Å². The van der Waals surface area contributed by atoms with Crippen molar-refractivity contribution in [2.45, 2.75) is 39.8 Å². The lowest BCUT2D eigenvalue weighted by Gasteiger charge is -2.37. The molecule has 4 aromatic rings. The molecule has 0 atom stereocenters. The van der Waals surface area contributed by atoms with Crippen LogP contribution in [0, 0.1) is 5.82 Å². The van der Waals surface area contributed by atoms with E-state index in [-0.39, 0.29) is 24.9 Å². The molecule has 0 saturated heterocycles. The molecular weight excluding hydrogens is 590 g/mol. The number of urea groups is 1. The van der Waals surface area contributed by atoms with E-state index in [0.29, 0.717) is 56.9 Å². The average Bonchev–Trinajstić information content (AvgIpc) is 3.00. The molecule has 5 rings (SSSR count). The van der Waals surface area contributed by atoms with Gasteiger partial charge in [-0.3, -0.25) is 14.6 Å². The van der Waals surface area contributed by atoms with Gasteiger partial charge in [0.15, 0.2) is 0 Å². The van der Waals surface area contributed by atoms with E-state index >= 15 is 0 Å². The minimum Gasteiger partial charge on any atom is -0.322 e. The summed E-state index contributed by atoms with van der Waals surface area (Å²) in [6.07, 6.45) is 4.12. The van der Waals surface area contributed by atoms with E-state index in [1.54, 1.807) is 42.6 Å². The Morgan fingerprint density at radius 3 is 2.40 bits per heavy atom. The van der Waals surface area contributed by atoms with Crippen LogP contribution in [-0.4, -0.2) is 21.9 Å². The summed E-state index contributed by atoms with van der Waals surface area (Å²) in [6.45, 7) is 7.63. The number of anilines is 5. The second-order valence-corrected chi connectivity index (χ2v) is 10.6. The number of benzene rings is 3. The lowest BCUT2D eigenvalue weighted by molar-refractivity contribution is -0.111. The Hall–Kier alpha value is -4.47. The summed E-state index contributed by atoms with van der Waals surface area (Å²) in [5.74, 6) is -0.244. The van der Waals surface area contributed by atoms with Crippen molar-refractivity contribution in [1.82, 2.24) is 9.97 Å². The molecule has 0 fully saturated rings. The number of hydrogen-bond donors (Lipinski definition) is 2. The van der Waals surface area contributed by atoms with Gasteiger partial charge in [0, 0.05) is 11.8 Å². The first-order valence-electron chi connectivity index (χ1n) is 13.7. The largest absolute Gasteiger partial charge is 0.330 e. The number of rotatable bonds is 9. The number of nitrogens with one attached hydrogen (secondary N) is 2. The molecule has 1 aliphatic heterocycles. The third kappa shape index (κ3) is 6.18. The molecule has 1 aliphatic rings. The topological polar surface area (TPSA) is 90.5 Å². The highest BCUT2D eigenvalue weighted by Crippen LogP contribution is 2.43. The summed E-state index contributed by atoms with van der Waals surface area (Å²) in [5.41, 5.74) is 4.44. The van der Waals surface area contributed by atoms with Crippen molar-refractivity contribution in [3.63, 3.8) is 0 Å². The molecule has 0 spiro atoms. The Morgan fingerprint density at radius 2 is 1.74 bits per heavy atom. The lowest BCUT2D eigenvalue weighted by Crippen LogP contribution is -2.48. The average molecular weight is 620 g/mol. The first-order valence-corrected chi connectivity index (χ1v) is 14.5. The smallest absolute Gasteiger partial charge is 0.322 e. The summed E-state index contributed by atoms with van der Waals surface area (Å²) >= 11 is 13.7. The van der Waals surface area contributed by atoms with Crippen LogP contribution in [0.1, 0.15) is 36.1 Å². The van der Waals surface area contributed by atoms with Gasteiger partial charge in [-0.25, -0.2) is 14.2 Å². The molecule has 3 amide bonds. The van der Waals surface area contributed by atoms with Crippen molar-refractivity contribution in [3.8, 4) is 0 Å². The van der Waals surface area contributed by atoms with Gasteiger partial charge in [-0.15, -0.1) is 0 Å². The van der Waals surface area contributed by atoms with Crippen molar-refractivity contribution in [3.05, 3.63) is 112 Å². The number of fused-ring (bicyclic) bond motifs is 1. The number of nitrogens with zero attached hydrogens (tertiary/aromatic N) is 4. The Kier molecular flexibility index (Phi) is 8.94. The van der Waals surface area contributed by atoms with Gasteiger partial charge in [0.05, 0.1) is 40.2 Å². The maximum Gasteiger partial charge on any atom is 0.330 e. The van der Waals surface area contributed by atoms with Crippen LogP contribution in [0.5, 0.6) is 0 Å². The molecule has 8 nitrogen and oxygen atoms in total. The molecule has 2 N–H and O–H groups in total. The van der Waals surface area contributed by atoms with Gasteiger partial charge in [-0.05, 0) is 59.9 Å². The number of amides is 3. The van der Waals surface area contributed by atoms with Gasteiger partial charge < -0.3 is 10.6 Å². The van der Waals surface area contributed by atoms with Gasteiger partial charge in [0.2, 0.25) is 11.9 Å². The number of carbonyl (C=O) groups excluding carboxylic acids is 2. The minimum absolute atomic E-state index is 0.0336. The van der Waals surface area contributed by atoms with Crippen LogP contribution in [0.25, 0.3) is 0 Å². The number of aryl methyl sites for hydroxylation is 2. The summed E-state index contributed by atoms with van der Waals surface area (Å²) in [7, 11) is 0. The highest BCUT2D eigenvalue weighted by atomic mass is 35.5. The monoisotopic (exact) mass is 618 g/mol. The van der Waals surface area contributed by atoms with Crippen LogP contribution < -0.4 is 20.4 Å². The third-order valence-electron chi connectivity index (χ3n) is 7.09. The fourth-order valence-electron chi connectivity index (χ4n) is 4.91. The number of aromatic nitrogens is 2. The maximum absolute atomic E-state index is 14.3. The van der Waals surface area contributed by atoms with Crippen LogP contribution >= 0.6 is 23.2 Å². The first kappa shape index (κ1) is 30.0. The number of para-hydroxylation sites is 2. The molecule has 0 saturated carbocycles. The fraction of sp³-hybridized carbons (Fsp3) is 0.188. The predicted octanol–water partition coefficient (Wildman–Crippen LogP) is 8.06. The third-order valence-corrected chi connectivity index (χ3v) is 7.94. The summed E-state index contributed by atoms with van der Waals surface area (Å²) in [4.78, 5) is 38.4. The molecule has 1 aromatic heterocycles. The zero-order valence-electron chi connectivity index (χ0n) is 23.6. The van der Waals surface area contributed by atoms with Crippen molar-refractivity contribution in [2.24, 2.45) is 0 Å². The van der Waals surface area contributed by atoms with Gasteiger partial charge >= 0.3 is 6.03 Å². The molecular formula is C32H29Cl2FN6O2. The van der Waals surface area contributed by atoms with Crippen LogP contribution in [-0.2, 0) is 30.7 Å². The van der Waals surface area contributed by atoms with Gasteiger partial charge in [0.25, 0.3) is 0 Å². The van der Waals surface area contributed by atoms with Crippen molar-refractivity contribution < 1.29 is 14.0 Å². The molecule has 0 unspecified atom stereocenters. The quantitative estimate of drug-likeness (QED) is 0.185. The van der Waals surface area contributed by atoms with E-state index in [1.165, 1.54) is 28.0 Å². The van der Waals surface area contributed by atoms with E-state index in [9.17, 15) is 14.0 Å². The molecule has 2 heterocycles. The Bertz CT molecular complexity index is 1700. The van der Waals surface area contributed by atoms with Crippen LogP contribution in [0.15, 0.2) is 73.4 Å². The second-order valence-electron chi connectivity index (χ2n) is 9.87. The Labute approximate surface area is 259 Å². The number of carbonyl (C=O) groups is 2. The van der Waals surface area contributed by atoms with Crippen LogP contribution in [0.2, 0.25) is 10.0 Å². The molecule has 220 valence electrons. The van der Waals surface area contributed by atoms with Crippen molar-refractivity contribution in [1.29, 1.82) is 0 Å². The first-order chi connectivity index (χ1) is 20.7. The van der Waals surface area contributed by atoms with E-state index < -0.39 is 11.8 Å². The maximum atomic E-state index is 14.3. The zero-order chi connectivity index (χ0) is 30.7. The standard InChI is InChI=1S/C32H29Cl2FN6O2/c1-4-20-15-21(5-2)28(34)29(27(20)33)40-18-22-16-36-31(38-25-13-8-7-12-24(25)37-26(42)6-3)39-30(22)41(32(40)43)17-19-10-9-11-23(35)14-19/h6-16H,3-5,17-18H2,1-2H3,(H,37,42)(H,36,38,39). The Morgan fingerprint density at radius 1 is 1.05 bits per heavy atom. The normalized spacial score (nSPS) is 12.6. The summed E-state index contributed by atoms with van der Waals surface area (Å²) < 4.78 is 14.2.